The number of furan rings is 1. The van der Waals surface area contributed by atoms with E-state index in [4.69, 9.17) is 9.15 Å². The third kappa shape index (κ3) is 3.80. The van der Waals surface area contributed by atoms with E-state index in [1.165, 1.54) is 31.4 Å². The van der Waals surface area contributed by atoms with Crippen LogP contribution in [0.4, 0.5) is 11.4 Å². The normalized spacial score (nSPS) is 10.9. The highest BCUT2D eigenvalue weighted by Gasteiger charge is 2.19. The molecule has 3 rings (SSSR count). The summed E-state index contributed by atoms with van der Waals surface area (Å²) in [5.41, 5.74) is 1.55. The van der Waals surface area contributed by atoms with Crippen LogP contribution in [0.15, 0.2) is 45.9 Å². The van der Waals surface area contributed by atoms with Crippen LogP contribution in [0.25, 0.3) is 11.0 Å². The Labute approximate surface area is 161 Å². The third-order valence-electron chi connectivity index (χ3n) is 3.83. The molecule has 1 amide bonds. The van der Waals surface area contributed by atoms with Gasteiger partial charge in [-0.15, -0.1) is 0 Å². The Balaban J connectivity index is 1.84. The fourth-order valence-electron chi connectivity index (χ4n) is 2.49. The summed E-state index contributed by atoms with van der Waals surface area (Å²) in [7, 11) is 1.30. The van der Waals surface area contributed by atoms with Gasteiger partial charge in [-0.25, -0.2) is 5.43 Å². The molecule has 3 aromatic rings. The van der Waals surface area contributed by atoms with Crippen molar-refractivity contribution in [3.63, 3.8) is 0 Å². The number of hydrogen-bond donors (Lipinski definition) is 2. The van der Waals surface area contributed by atoms with Crippen molar-refractivity contribution in [2.75, 3.05) is 7.11 Å². The predicted octanol–water partition coefficient (Wildman–Crippen LogP) is 2.73. The standard InChI is InChI=1S/C17H12N4O8/c1-28-13-7-11(20(24)25)5-10-6-14(29-16(10)13)17(23)19-18-8-9-3-2-4-12(15(9)22)21(26)27/h2-8,22H,1H3,(H,19,23)/b18-8-. The van der Waals surface area contributed by atoms with E-state index in [0.29, 0.717) is 0 Å². The monoisotopic (exact) mass is 400 g/mol. The molecule has 0 aliphatic rings. The summed E-state index contributed by atoms with van der Waals surface area (Å²) in [6.07, 6.45) is 1.02. The highest BCUT2D eigenvalue weighted by atomic mass is 16.6. The molecule has 0 spiro atoms. The van der Waals surface area contributed by atoms with Crippen LogP contribution in [0.2, 0.25) is 0 Å². The minimum Gasteiger partial charge on any atom is -0.502 e. The maximum Gasteiger partial charge on any atom is 0.311 e. The van der Waals surface area contributed by atoms with Gasteiger partial charge in [0.1, 0.15) is 0 Å². The topological polar surface area (TPSA) is 170 Å². The number of hydrazone groups is 1. The van der Waals surface area contributed by atoms with Crippen LogP contribution < -0.4 is 10.2 Å². The Bertz CT molecular complexity index is 1170. The first kappa shape index (κ1) is 19.3. The summed E-state index contributed by atoms with van der Waals surface area (Å²) in [5, 5.41) is 35.5. The van der Waals surface area contributed by atoms with Crippen molar-refractivity contribution in [2.24, 2.45) is 5.10 Å². The van der Waals surface area contributed by atoms with Gasteiger partial charge in [-0.1, -0.05) is 6.07 Å². The van der Waals surface area contributed by atoms with Gasteiger partial charge in [0.05, 0.1) is 29.2 Å². The molecule has 0 radical (unpaired) electrons. The van der Waals surface area contributed by atoms with Gasteiger partial charge in [0, 0.05) is 23.1 Å². The Kier molecular flexibility index (Phi) is 5.08. The number of fused-ring (bicyclic) bond motifs is 1. The van der Waals surface area contributed by atoms with Crippen molar-refractivity contribution >= 4 is 34.5 Å². The number of phenolic OH excluding ortho intramolecular Hbond substituents is 1. The van der Waals surface area contributed by atoms with Gasteiger partial charge in [0.25, 0.3) is 5.69 Å². The van der Waals surface area contributed by atoms with Crippen LogP contribution in [0.1, 0.15) is 16.1 Å². The largest absolute Gasteiger partial charge is 0.502 e. The first-order chi connectivity index (χ1) is 13.8. The number of aromatic hydroxyl groups is 1. The van der Waals surface area contributed by atoms with Gasteiger partial charge in [-0.05, 0) is 12.1 Å². The second-order valence-electron chi connectivity index (χ2n) is 5.61. The van der Waals surface area contributed by atoms with Crippen LogP contribution >= 0.6 is 0 Å². The van der Waals surface area contributed by atoms with E-state index in [1.807, 2.05) is 0 Å². The van der Waals surface area contributed by atoms with Gasteiger partial charge in [0.15, 0.2) is 17.1 Å². The number of nitro benzene ring substituents is 2. The number of hydrogen-bond acceptors (Lipinski definition) is 9. The van der Waals surface area contributed by atoms with Gasteiger partial charge >= 0.3 is 11.6 Å². The zero-order valence-corrected chi connectivity index (χ0v) is 14.7. The lowest BCUT2D eigenvalue weighted by atomic mass is 10.2. The number of methoxy groups -OCH3 is 1. The molecule has 0 atom stereocenters. The Morgan fingerprint density at radius 2 is 2.00 bits per heavy atom. The second kappa shape index (κ2) is 7.64. The molecule has 0 fully saturated rings. The minimum absolute atomic E-state index is 0.0152. The van der Waals surface area contributed by atoms with Crippen molar-refractivity contribution < 1.29 is 28.9 Å². The van der Waals surface area contributed by atoms with Crippen molar-refractivity contribution in [1.82, 2.24) is 5.43 Å². The van der Waals surface area contributed by atoms with Crippen molar-refractivity contribution in [1.29, 1.82) is 0 Å². The number of nitro groups is 2. The number of nitrogens with one attached hydrogen (secondary N) is 1. The van der Waals surface area contributed by atoms with Gasteiger partial charge in [0.2, 0.25) is 5.75 Å². The molecule has 0 unspecified atom stereocenters. The molecule has 148 valence electrons. The average molecular weight is 400 g/mol. The summed E-state index contributed by atoms with van der Waals surface area (Å²) >= 11 is 0. The molecule has 0 bridgehead atoms. The molecule has 12 nitrogen and oxygen atoms in total. The highest BCUT2D eigenvalue weighted by Crippen LogP contribution is 2.33. The molecule has 0 saturated heterocycles. The number of nitrogens with zero attached hydrogens (tertiary/aromatic N) is 3. The van der Waals surface area contributed by atoms with E-state index in [1.54, 1.807) is 0 Å². The Morgan fingerprint density at radius 3 is 2.66 bits per heavy atom. The summed E-state index contributed by atoms with van der Waals surface area (Å²) < 4.78 is 10.4. The molecule has 0 saturated carbocycles. The van der Waals surface area contributed by atoms with E-state index < -0.39 is 27.2 Å². The Hall–Kier alpha value is -4.48. The number of carbonyl (C=O) groups excluding carboxylic acids is 1. The van der Waals surface area contributed by atoms with Crippen molar-refractivity contribution in [3.8, 4) is 11.5 Å². The Morgan fingerprint density at radius 1 is 1.24 bits per heavy atom. The average Bonchev–Trinajstić information content (AvgIpc) is 3.12. The quantitative estimate of drug-likeness (QED) is 0.361. The van der Waals surface area contributed by atoms with Crippen LogP contribution in [-0.2, 0) is 0 Å². The van der Waals surface area contributed by atoms with Gasteiger partial charge in [-0.2, -0.15) is 5.10 Å². The SMILES string of the molecule is COc1cc([N+](=O)[O-])cc2cc(C(=O)N/N=C\c3cccc([N+](=O)[O-])c3O)oc12. The first-order valence-corrected chi connectivity index (χ1v) is 7.87. The molecule has 0 aliphatic carbocycles. The molecule has 2 N–H and O–H groups in total. The van der Waals surface area contributed by atoms with Crippen LogP contribution in [0.5, 0.6) is 11.5 Å². The molecule has 12 heteroatoms. The van der Waals surface area contributed by atoms with Gasteiger partial charge in [-0.3, -0.25) is 25.0 Å². The van der Waals surface area contributed by atoms with Crippen LogP contribution in [-0.4, -0.2) is 34.2 Å². The van der Waals surface area contributed by atoms with E-state index >= 15 is 0 Å². The molecular formula is C17H12N4O8. The summed E-state index contributed by atoms with van der Waals surface area (Å²) in [6.45, 7) is 0. The lowest BCUT2D eigenvalue weighted by Crippen LogP contribution is -2.16. The number of ether oxygens (including phenoxy) is 1. The van der Waals surface area contributed by atoms with E-state index in [0.717, 1.165) is 18.3 Å². The van der Waals surface area contributed by atoms with Crippen LogP contribution in [0.3, 0.4) is 0 Å². The lowest BCUT2D eigenvalue weighted by Gasteiger charge is -2.00. The third-order valence-corrected chi connectivity index (χ3v) is 3.83. The summed E-state index contributed by atoms with van der Waals surface area (Å²) in [4.78, 5) is 32.6. The molecule has 1 heterocycles. The van der Waals surface area contributed by atoms with Crippen molar-refractivity contribution in [3.05, 3.63) is 68.0 Å². The molecular weight excluding hydrogens is 388 g/mol. The molecule has 2 aromatic carbocycles. The van der Waals surface area contributed by atoms with Crippen molar-refractivity contribution in [2.45, 2.75) is 0 Å². The van der Waals surface area contributed by atoms with Crippen LogP contribution in [0, 0.1) is 20.2 Å². The fourth-order valence-corrected chi connectivity index (χ4v) is 2.49. The van der Waals surface area contributed by atoms with E-state index in [-0.39, 0.29) is 33.7 Å². The zero-order chi connectivity index (χ0) is 21.1. The fraction of sp³-hybridized carbons (Fsp3) is 0.0588. The number of benzene rings is 2. The van der Waals surface area contributed by atoms with E-state index in [9.17, 15) is 30.1 Å². The number of rotatable bonds is 6. The minimum atomic E-state index is -0.785. The number of non-ortho nitro benzene ring substituents is 1. The summed E-state index contributed by atoms with van der Waals surface area (Å²) in [5.74, 6) is -1.50. The molecule has 29 heavy (non-hydrogen) atoms. The molecule has 1 aromatic heterocycles. The predicted molar refractivity (Wildman–Crippen MR) is 99.2 cm³/mol. The lowest BCUT2D eigenvalue weighted by molar-refractivity contribution is -0.385. The second-order valence-corrected chi connectivity index (χ2v) is 5.61. The highest BCUT2D eigenvalue weighted by molar-refractivity contribution is 5.98. The van der Waals surface area contributed by atoms with Gasteiger partial charge < -0.3 is 14.3 Å². The number of para-hydroxylation sites is 1. The maximum atomic E-state index is 12.2. The summed E-state index contributed by atoms with van der Waals surface area (Å²) in [6, 6.07) is 7.49. The molecule has 0 aliphatic heterocycles. The number of amides is 1. The van der Waals surface area contributed by atoms with E-state index in [2.05, 4.69) is 10.5 Å². The first-order valence-electron chi connectivity index (χ1n) is 7.87. The zero-order valence-electron chi connectivity index (χ0n) is 14.7. The maximum absolute atomic E-state index is 12.2. The number of phenols is 1. The number of carbonyl (C=O) groups is 1. The smallest absolute Gasteiger partial charge is 0.311 e.